The lowest BCUT2D eigenvalue weighted by Crippen LogP contribution is -2.30. The minimum Gasteiger partial charge on any atom is -0.495 e. The summed E-state index contributed by atoms with van der Waals surface area (Å²) in [7, 11) is 3.08. The van der Waals surface area contributed by atoms with Crippen LogP contribution in [0.25, 0.3) is 0 Å². The number of hydrogen-bond acceptors (Lipinski definition) is 6. The van der Waals surface area contributed by atoms with Crippen LogP contribution in [0.15, 0.2) is 60.8 Å². The molecule has 2 aromatic carbocycles. The number of amides is 4. The Morgan fingerprint density at radius 1 is 1.03 bits per heavy atom. The van der Waals surface area contributed by atoms with Crippen molar-refractivity contribution in [2.24, 2.45) is 0 Å². The average Bonchev–Trinajstić information content (AvgIpc) is 2.89. The van der Waals surface area contributed by atoms with Crippen molar-refractivity contribution in [1.82, 2.24) is 10.3 Å². The first-order valence-corrected chi connectivity index (χ1v) is 12.1. The summed E-state index contributed by atoms with van der Waals surface area (Å²) in [4.78, 5) is 53.7. The highest BCUT2D eigenvalue weighted by Gasteiger charge is 2.19. The number of nitrogens with one attached hydrogen (secondary N) is 3. The Kier molecular flexibility index (Phi) is 9.58. The number of urea groups is 1. The number of rotatable bonds is 10. The van der Waals surface area contributed by atoms with Crippen molar-refractivity contribution >= 4 is 40.9 Å². The van der Waals surface area contributed by atoms with Gasteiger partial charge in [-0.3, -0.25) is 19.4 Å². The highest BCUT2D eigenvalue weighted by Crippen LogP contribution is 2.27. The van der Waals surface area contributed by atoms with Gasteiger partial charge in [-0.05, 0) is 48.4 Å². The lowest BCUT2D eigenvalue weighted by molar-refractivity contribution is -0.137. The summed E-state index contributed by atoms with van der Waals surface area (Å²) in [5, 5.41) is 17.2. The molecule has 1 atom stereocenters. The third-order valence-corrected chi connectivity index (χ3v) is 5.91. The van der Waals surface area contributed by atoms with Crippen molar-refractivity contribution in [3.05, 3.63) is 77.6 Å². The third-order valence-electron chi connectivity index (χ3n) is 5.91. The molecule has 3 rings (SSSR count). The first-order valence-electron chi connectivity index (χ1n) is 12.1. The molecule has 1 unspecified atom stereocenters. The van der Waals surface area contributed by atoms with Gasteiger partial charge in [0.1, 0.15) is 5.75 Å². The molecule has 4 N–H and O–H groups in total. The van der Waals surface area contributed by atoms with Gasteiger partial charge in [0.05, 0.1) is 49.3 Å². The van der Waals surface area contributed by atoms with Crippen LogP contribution < -0.4 is 25.6 Å². The number of anilines is 3. The molecule has 0 bridgehead atoms. The molecule has 1 aromatic heterocycles. The molecule has 11 heteroatoms. The number of aromatic nitrogens is 1. The molecule has 39 heavy (non-hydrogen) atoms. The average molecular weight is 534 g/mol. The fourth-order valence-corrected chi connectivity index (χ4v) is 3.83. The molecule has 0 aliphatic heterocycles. The van der Waals surface area contributed by atoms with E-state index in [1.54, 1.807) is 43.4 Å². The number of carboxylic acid groups (broad SMARTS) is 1. The Labute approximate surface area is 226 Å². The highest BCUT2D eigenvalue weighted by atomic mass is 16.5. The van der Waals surface area contributed by atoms with E-state index in [9.17, 15) is 19.2 Å². The van der Waals surface area contributed by atoms with Gasteiger partial charge in [0.2, 0.25) is 11.8 Å². The quantitative estimate of drug-likeness (QED) is 0.309. The Balaban J connectivity index is 1.66. The maximum atomic E-state index is 13.0. The fourth-order valence-electron chi connectivity index (χ4n) is 3.83. The van der Waals surface area contributed by atoms with Gasteiger partial charge in [0.25, 0.3) is 0 Å². The summed E-state index contributed by atoms with van der Waals surface area (Å²) in [5.41, 5.74) is 3.60. The lowest BCUT2D eigenvalue weighted by atomic mass is 10.1. The molecule has 0 fully saturated rings. The van der Waals surface area contributed by atoms with E-state index < -0.39 is 18.0 Å². The van der Waals surface area contributed by atoms with Crippen LogP contribution in [-0.2, 0) is 20.8 Å². The number of carbonyl (C=O) groups is 4. The normalized spacial score (nSPS) is 11.2. The summed E-state index contributed by atoms with van der Waals surface area (Å²) in [5.74, 6) is -1.27. The second-order valence-electron chi connectivity index (χ2n) is 8.85. The second-order valence-corrected chi connectivity index (χ2v) is 8.85. The van der Waals surface area contributed by atoms with Crippen LogP contribution in [-0.4, -0.2) is 48.1 Å². The topological polar surface area (TPSA) is 150 Å². The number of nitrogens with zero attached hydrogens (tertiary/aromatic N) is 2. The van der Waals surface area contributed by atoms with Gasteiger partial charge in [-0.1, -0.05) is 24.3 Å². The van der Waals surface area contributed by atoms with Crippen molar-refractivity contribution < 1.29 is 29.0 Å². The van der Waals surface area contributed by atoms with Crippen LogP contribution >= 0.6 is 0 Å². The van der Waals surface area contributed by atoms with Gasteiger partial charge in [0.15, 0.2) is 0 Å². The minimum atomic E-state index is -1.07. The number of carboxylic acids is 1. The number of benzene rings is 2. The van der Waals surface area contributed by atoms with E-state index in [0.717, 1.165) is 5.56 Å². The molecule has 1 heterocycles. The first-order chi connectivity index (χ1) is 18.6. The number of carbonyl (C=O) groups excluding carboxylic acids is 3. The summed E-state index contributed by atoms with van der Waals surface area (Å²) in [6, 6.07) is 14.5. The predicted octanol–water partition coefficient (Wildman–Crippen LogP) is 3.90. The van der Waals surface area contributed by atoms with E-state index in [4.69, 9.17) is 9.84 Å². The minimum absolute atomic E-state index is 0.0534. The smallest absolute Gasteiger partial charge is 0.323 e. The molecule has 0 aliphatic rings. The van der Waals surface area contributed by atoms with Crippen molar-refractivity contribution in [3.8, 4) is 5.75 Å². The summed E-state index contributed by atoms with van der Waals surface area (Å²) >= 11 is 0. The summed E-state index contributed by atoms with van der Waals surface area (Å²) in [6.45, 7) is 3.19. The van der Waals surface area contributed by atoms with E-state index in [-0.39, 0.29) is 24.7 Å². The Bertz CT molecular complexity index is 1340. The van der Waals surface area contributed by atoms with Crippen LogP contribution in [0.4, 0.5) is 21.9 Å². The van der Waals surface area contributed by atoms with Crippen LogP contribution in [0.3, 0.4) is 0 Å². The molecular weight excluding hydrogens is 502 g/mol. The van der Waals surface area contributed by atoms with Gasteiger partial charge >= 0.3 is 12.0 Å². The SMILES string of the molecule is COc1cc(CC(=O)N(C)c2ccc(C(CC(=O)O)NC(C)=O)nc2)ccc1NC(=O)Nc1ccccc1C. The number of para-hydroxylation sites is 1. The van der Waals surface area contributed by atoms with E-state index in [1.807, 2.05) is 25.1 Å². The first kappa shape index (κ1) is 28.6. The standard InChI is InChI=1S/C28H31N5O6/c1-17-7-5-6-8-21(17)31-28(38)32-23-11-9-19(13-25(23)39-4)14-26(35)33(3)20-10-12-22(29-16-20)24(15-27(36)37)30-18(2)34/h5-13,16,24H,14-15H2,1-4H3,(H,30,34)(H,36,37)(H2,31,32,38). The largest absolute Gasteiger partial charge is 0.495 e. The number of aliphatic carboxylic acids is 1. The number of pyridine rings is 1. The highest BCUT2D eigenvalue weighted by molar-refractivity contribution is 6.01. The summed E-state index contributed by atoms with van der Waals surface area (Å²) < 4.78 is 5.43. The summed E-state index contributed by atoms with van der Waals surface area (Å²) in [6.07, 6.45) is 1.18. The number of aryl methyl sites for hydroxylation is 1. The van der Waals surface area contributed by atoms with Gasteiger partial charge in [-0.2, -0.15) is 0 Å². The monoisotopic (exact) mass is 533 g/mol. The number of methoxy groups -OCH3 is 1. The molecular formula is C28H31N5O6. The molecule has 0 saturated heterocycles. The fraction of sp³-hybridized carbons (Fsp3) is 0.250. The number of hydrogen-bond donors (Lipinski definition) is 4. The van der Waals surface area contributed by atoms with E-state index >= 15 is 0 Å². The molecule has 11 nitrogen and oxygen atoms in total. The Hall–Kier alpha value is -4.93. The van der Waals surface area contributed by atoms with Crippen LogP contribution in [0.5, 0.6) is 5.75 Å². The predicted molar refractivity (Wildman–Crippen MR) is 147 cm³/mol. The van der Waals surface area contributed by atoms with Crippen molar-refractivity contribution in [1.29, 1.82) is 0 Å². The third kappa shape index (κ3) is 8.03. The molecule has 204 valence electrons. The van der Waals surface area contributed by atoms with E-state index in [0.29, 0.717) is 34.1 Å². The molecule has 3 aromatic rings. The lowest BCUT2D eigenvalue weighted by Gasteiger charge is -2.20. The van der Waals surface area contributed by atoms with Gasteiger partial charge in [-0.25, -0.2) is 4.79 Å². The van der Waals surface area contributed by atoms with Crippen LogP contribution in [0, 0.1) is 6.92 Å². The van der Waals surface area contributed by atoms with Crippen molar-refractivity contribution in [3.63, 3.8) is 0 Å². The van der Waals surface area contributed by atoms with Gasteiger partial charge in [0, 0.05) is 19.7 Å². The maximum absolute atomic E-state index is 13.0. The van der Waals surface area contributed by atoms with Gasteiger partial charge in [-0.15, -0.1) is 0 Å². The Morgan fingerprint density at radius 2 is 1.74 bits per heavy atom. The zero-order chi connectivity index (χ0) is 28.5. The zero-order valence-electron chi connectivity index (χ0n) is 22.1. The molecule has 0 saturated carbocycles. The van der Waals surface area contributed by atoms with Crippen LogP contribution in [0.1, 0.15) is 36.2 Å². The zero-order valence-corrected chi connectivity index (χ0v) is 22.1. The second kappa shape index (κ2) is 13.0. The van der Waals surface area contributed by atoms with E-state index in [2.05, 4.69) is 20.9 Å². The number of likely N-dealkylation sites (N-methyl/N-ethyl adjacent to an activating group) is 1. The maximum Gasteiger partial charge on any atom is 0.323 e. The van der Waals surface area contributed by atoms with E-state index in [1.165, 1.54) is 25.1 Å². The van der Waals surface area contributed by atoms with Crippen molar-refractivity contribution in [2.45, 2.75) is 32.7 Å². The van der Waals surface area contributed by atoms with Crippen molar-refractivity contribution in [2.75, 3.05) is 29.7 Å². The number of ether oxygens (including phenoxy) is 1. The molecule has 0 spiro atoms. The van der Waals surface area contributed by atoms with Crippen LogP contribution in [0.2, 0.25) is 0 Å². The molecule has 0 radical (unpaired) electrons. The Morgan fingerprint density at radius 3 is 2.36 bits per heavy atom. The molecule has 0 aliphatic carbocycles. The molecule has 4 amide bonds. The van der Waals surface area contributed by atoms with Gasteiger partial charge < -0.3 is 30.7 Å².